The smallest absolute Gasteiger partial charge is 0.164 e. The summed E-state index contributed by atoms with van der Waals surface area (Å²) < 4.78 is 2.23. The predicted molar refractivity (Wildman–Crippen MR) is 139 cm³/mol. The van der Waals surface area contributed by atoms with Gasteiger partial charge in [-0.2, -0.15) is 5.26 Å². The van der Waals surface area contributed by atoms with Crippen LogP contribution in [0.5, 0.6) is 0 Å². The highest BCUT2D eigenvalue weighted by molar-refractivity contribution is 6.10. The predicted octanol–water partition coefficient (Wildman–Crippen LogP) is 6.79. The van der Waals surface area contributed by atoms with Crippen LogP contribution in [0, 0.1) is 25.2 Å². The molecule has 5 nitrogen and oxygen atoms in total. The molecule has 0 aliphatic rings. The Bertz CT molecular complexity index is 1750. The minimum absolute atomic E-state index is 0.520. The molecule has 0 unspecified atom stereocenters. The summed E-state index contributed by atoms with van der Waals surface area (Å²) in [4.78, 5) is 13.2. The van der Waals surface area contributed by atoms with Crippen molar-refractivity contribution >= 4 is 21.8 Å². The van der Waals surface area contributed by atoms with E-state index in [9.17, 15) is 5.26 Å². The van der Waals surface area contributed by atoms with E-state index in [-0.39, 0.29) is 0 Å². The third-order valence-corrected chi connectivity index (χ3v) is 6.26. The zero-order valence-electron chi connectivity index (χ0n) is 19.4. The van der Waals surface area contributed by atoms with Crippen LogP contribution in [0.3, 0.4) is 0 Å². The van der Waals surface area contributed by atoms with Crippen LogP contribution in [0.1, 0.15) is 17.2 Å². The van der Waals surface area contributed by atoms with Crippen molar-refractivity contribution in [1.29, 1.82) is 5.26 Å². The summed E-state index contributed by atoms with van der Waals surface area (Å²) in [5.41, 5.74) is 6.65. The minimum atomic E-state index is 0.520. The highest BCUT2D eigenvalue weighted by atomic mass is 15.0. The first-order valence-corrected chi connectivity index (χ1v) is 11.5. The highest BCUT2D eigenvalue weighted by Crippen LogP contribution is 2.35. The largest absolute Gasteiger partial charge is 0.309 e. The van der Waals surface area contributed by atoms with E-state index in [0.29, 0.717) is 28.6 Å². The Morgan fingerprint density at radius 3 is 2.14 bits per heavy atom. The Hall–Kier alpha value is -4.82. The SMILES string of the molecule is Cc1nc(C)nc(-c2ccc(-n3c4ccccc4c4ccc(-c5ccccc5)cc43)cc2C#N)n1. The second-order valence-corrected chi connectivity index (χ2v) is 8.55. The van der Waals surface area contributed by atoms with Crippen molar-refractivity contribution in [3.05, 3.63) is 108 Å². The molecule has 0 saturated heterocycles. The summed E-state index contributed by atoms with van der Waals surface area (Å²) in [6.45, 7) is 3.67. The highest BCUT2D eigenvalue weighted by Gasteiger charge is 2.16. The molecule has 6 rings (SSSR count). The molecule has 0 aliphatic carbocycles. The van der Waals surface area contributed by atoms with E-state index in [1.165, 1.54) is 16.3 Å². The lowest BCUT2D eigenvalue weighted by atomic mass is 10.0. The van der Waals surface area contributed by atoms with Gasteiger partial charge in [0, 0.05) is 22.0 Å². The Balaban J connectivity index is 1.60. The van der Waals surface area contributed by atoms with E-state index in [1.807, 2.05) is 44.2 Å². The lowest BCUT2D eigenvalue weighted by Crippen LogP contribution is -2.01. The van der Waals surface area contributed by atoms with Crippen LogP contribution >= 0.6 is 0 Å². The van der Waals surface area contributed by atoms with Crippen LogP contribution in [-0.4, -0.2) is 19.5 Å². The molecule has 2 heterocycles. The Labute approximate surface area is 203 Å². The minimum Gasteiger partial charge on any atom is -0.309 e. The number of aryl methyl sites for hydroxylation is 2. The zero-order valence-corrected chi connectivity index (χ0v) is 19.4. The van der Waals surface area contributed by atoms with E-state index in [0.717, 1.165) is 22.3 Å². The van der Waals surface area contributed by atoms with Crippen LogP contribution in [-0.2, 0) is 0 Å². The van der Waals surface area contributed by atoms with Gasteiger partial charge in [-0.1, -0.05) is 60.7 Å². The fourth-order valence-corrected chi connectivity index (χ4v) is 4.75. The number of para-hydroxylation sites is 1. The van der Waals surface area contributed by atoms with Gasteiger partial charge in [0.25, 0.3) is 0 Å². The fraction of sp³-hybridized carbons (Fsp3) is 0.0667. The summed E-state index contributed by atoms with van der Waals surface area (Å²) in [5, 5.41) is 12.4. The number of nitriles is 1. The van der Waals surface area contributed by atoms with Crippen LogP contribution in [0.25, 0.3) is 50.0 Å². The molecule has 0 radical (unpaired) electrons. The van der Waals surface area contributed by atoms with Gasteiger partial charge >= 0.3 is 0 Å². The monoisotopic (exact) mass is 451 g/mol. The standard InChI is InChI=1S/C30H21N5/c1-19-32-20(2)34-30(33-19)25-15-13-24(16-23(25)18-31)35-28-11-7-6-10-26(28)27-14-12-22(17-29(27)35)21-8-4-3-5-9-21/h3-17H,1-2H3. The number of nitrogens with zero attached hydrogens (tertiary/aromatic N) is 5. The number of benzene rings is 4. The molecule has 0 bridgehead atoms. The molecular formula is C30H21N5. The third kappa shape index (κ3) is 3.53. The zero-order chi connectivity index (χ0) is 23.9. The molecule has 0 fully saturated rings. The molecular weight excluding hydrogens is 430 g/mol. The maximum atomic E-state index is 10.0. The van der Waals surface area contributed by atoms with Gasteiger partial charge in [-0.3, -0.25) is 0 Å². The number of fused-ring (bicyclic) bond motifs is 3. The first kappa shape index (κ1) is 20.8. The van der Waals surface area contributed by atoms with E-state index >= 15 is 0 Å². The number of aromatic nitrogens is 4. The van der Waals surface area contributed by atoms with Crippen molar-refractivity contribution in [3.8, 4) is 34.3 Å². The van der Waals surface area contributed by atoms with Gasteiger partial charge in [-0.05, 0) is 55.3 Å². The molecule has 6 aromatic rings. The first-order chi connectivity index (χ1) is 17.1. The third-order valence-electron chi connectivity index (χ3n) is 6.26. The van der Waals surface area contributed by atoms with Gasteiger partial charge in [0.1, 0.15) is 11.6 Å². The van der Waals surface area contributed by atoms with Gasteiger partial charge in [-0.15, -0.1) is 0 Å². The molecule has 4 aromatic carbocycles. The van der Waals surface area contributed by atoms with Crippen molar-refractivity contribution in [3.63, 3.8) is 0 Å². The van der Waals surface area contributed by atoms with Gasteiger partial charge < -0.3 is 4.57 Å². The molecule has 5 heteroatoms. The van der Waals surface area contributed by atoms with Crippen molar-refractivity contribution in [2.75, 3.05) is 0 Å². The van der Waals surface area contributed by atoms with Gasteiger partial charge in [-0.25, -0.2) is 15.0 Å². The van der Waals surface area contributed by atoms with Crippen molar-refractivity contribution in [2.45, 2.75) is 13.8 Å². The lowest BCUT2D eigenvalue weighted by molar-refractivity contribution is 0.928. The molecule has 166 valence electrons. The molecule has 0 saturated carbocycles. The second kappa shape index (κ2) is 8.19. The van der Waals surface area contributed by atoms with Gasteiger partial charge in [0.15, 0.2) is 5.82 Å². The number of hydrogen-bond donors (Lipinski definition) is 0. The van der Waals surface area contributed by atoms with E-state index in [4.69, 9.17) is 0 Å². The van der Waals surface area contributed by atoms with Crippen molar-refractivity contribution in [2.24, 2.45) is 0 Å². The number of rotatable bonds is 3. The van der Waals surface area contributed by atoms with Crippen molar-refractivity contribution < 1.29 is 0 Å². The Morgan fingerprint density at radius 1 is 0.657 bits per heavy atom. The Kier molecular flexibility index (Phi) is 4.86. The topological polar surface area (TPSA) is 67.4 Å². The molecule has 2 aromatic heterocycles. The van der Waals surface area contributed by atoms with E-state index in [2.05, 4.69) is 86.3 Å². The van der Waals surface area contributed by atoms with Crippen LogP contribution < -0.4 is 0 Å². The fourth-order valence-electron chi connectivity index (χ4n) is 4.75. The van der Waals surface area contributed by atoms with Crippen LogP contribution in [0.4, 0.5) is 0 Å². The van der Waals surface area contributed by atoms with Crippen LogP contribution in [0.15, 0.2) is 91.0 Å². The first-order valence-electron chi connectivity index (χ1n) is 11.5. The average molecular weight is 452 g/mol. The van der Waals surface area contributed by atoms with Crippen molar-refractivity contribution in [1.82, 2.24) is 19.5 Å². The molecule has 0 atom stereocenters. The maximum absolute atomic E-state index is 10.0. The quantitative estimate of drug-likeness (QED) is 0.297. The Morgan fingerprint density at radius 2 is 1.37 bits per heavy atom. The van der Waals surface area contributed by atoms with E-state index < -0.39 is 0 Å². The summed E-state index contributed by atoms with van der Waals surface area (Å²) in [7, 11) is 0. The molecule has 0 spiro atoms. The molecule has 0 aliphatic heterocycles. The molecule has 0 amide bonds. The van der Waals surface area contributed by atoms with E-state index in [1.54, 1.807) is 0 Å². The van der Waals surface area contributed by atoms with Gasteiger partial charge in [0.2, 0.25) is 0 Å². The number of hydrogen-bond acceptors (Lipinski definition) is 4. The summed E-state index contributed by atoms with van der Waals surface area (Å²) in [6, 6.07) is 33.6. The lowest BCUT2D eigenvalue weighted by Gasteiger charge is -2.11. The summed E-state index contributed by atoms with van der Waals surface area (Å²) in [6.07, 6.45) is 0. The normalized spacial score (nSPS) is 11.1. The molecule has 35 heavy (non-hydrogen) atoms. The summed E-state index contributed by atoms with van der Waals surface area (Å²) in [5.74, 6) is 1.79. The molecule has 0 N–H and O–H groups in total. The van der Waals surface area contributed by atoms with Gasteiger partial charge in [0.05, 0.1) is 22.7 Å². The second-order valence-electron chi connectivity index (χ2n) is 8.55. The average Bonchev–Trinajstić information content (AvgIpc) is 3.22. The summed E-state index contributed by atoms with van der Waals surface area (Å²) >= 11 is 0. The van der Waals surface area contributed by atoms with Crippen LogP contribution in [0.2, 0.25) is 0 Å². The maximum Gasteiger partial charge on any atom is 0.164 e.